The monoisotopic (exact) mass is 423 g/mol. The summed E-state index contributed by atoms with van der Waals surface area (Å²) in [6.07, 6.45) is 0. The summed E-state index contributed by atoms with van der Waals surface area (Å²) in [5.74, 6) is 0. The smallest absolute Gasteiger partial charge is 0.0508 e. The Labute approximate surface area is 187 Å². The fourth-order valence-corrected chi connectivity index (χ4v) is 6.34. The minimum Gasteiger partial charge on any atom is -0.379 e. The van der Waals surface area contributed by atoms with Gasteiger partial charge in [0.2, 0.25) is 0 Å². The molecule has 0 aliphatic rings. The molecule has 0 aliphatic carbocycles. The van der Waals surface area contributed by atoms with E-state index in [1.165, 1.54) is 38.3 Å². The first kappa shape index (κ1) is 21.3. The number of nitrogens with one attached hydrogen (secondary N) is 1. The van der Waals surface area contributed by atoms with Crippen LogP contribution in [-0.2, 0) is 0 Å². The van der Waals surface area contributed by atoms with Gasteiger partial charge in [-0.3, -0.25) is 0 Å². The van der Waals surface area contributed by atoms with Gasteiger partial charge < -0.3 is 5.32 Å². The highest BCUT2D eigenvalue weighted by Gasteiger charge is 2.24. The van der Waals surface area contributed by atoms with Crippen LogP contribution in [0.25, 0.3) is 11.1 Å². The first-order valence-corrected chi connectivity index (χ1v) is 12.2. The van der Waals surface area contributed by atoms with Crippen molar-refractivity contribution in [1.82, 2.24) is 0 Å². The topological polar surface area (TPSA) is 12.0 Å². The Morgan fingerprint density at radius 2 is 1.10 bits per heavy atom. The van der Waals surface area contributed by atoms with Gasteiger partial charge in [-0.25, -0.2) is 0 Å². The third-order valence-electron chi connectivity index (χ3n) is 5.25. The molecule has 0 bridgehead atoms. The number of aryl methyl sites for hydroxylation is 1. The van der Waals surface area contributed by atoms with E-state index in [4.69, 9.17) is 0 Å². The molecule has 0 saturated heterocycles. The van der Waals surface area contributed by atoms with Gasteiger partial charge in [-0.15, -0.1) is 0 Å². The molecule has 4 aromatic carbocycles. The fourth-order valence-electron chi connectivity index (χ4n) is 3.91. The van der Waals surface area contributed by atoms with Crippen LogP contribution in [0.4, 0.5) is 5.69 Å². The molecule has 1 N–H and O–H groups in total. The van der Waals surface area contributed by atoms with Crippen LogP contribution >= 0.6 is 7.92 Å². The van der Waals surface area contributed by atoms with Crippen molar-refractivity contribution >= 4 is 29.5 Å². The second kappa shape index (κ2) is 9.08. The van der Waals surface area contributed by atoms with Gasteiger partial charge in [0.1, 0.15) is 0 Å². The van der Waals surface area contributed by atoms with Crippen molar-refractivity contribution in [2.24, 2.45) is 0 Å². The third-order valence-corrected chi connectivity index (χ3v) is 7.73. The van der Waals surface area contributed by atoms with Crippen LogP contribution in [0.3, 0.4) is 0 Å². The molecule has 2 heteroatoms. The molecule has 156 valence electrons. The van der Waals surface area contributed by atoms with Crippen LogP contribution in [0.1, 0.15) is 26.3 Å². The lowest BCUT2D eigenvalue weighted by Gasteiger charge is -2.30. The number of anilines is 1. The van der Waals surface area contributed by atoms with Crippen LogP contribution in [0, 0.1) is 6.92 Å². The first-order chi connectivity index (χ1) is 14.9. The Hall–Kier alpha value is -2.89. The van der Waals surface area contributed by atoms with Crippen molar-refractivity contribution in [3.63, 3.8) is 0 Å². The maximum Gasteiger partial charge on any atom is 0.0508 e. The van der Waals surface area contributed by atoms with E-state index in [0.29, 0.717) is 0 Å². The number of hydrogen-bond acceptors (Lipinski definition) is 1. The lowest BCUT2D eigenvalue weighted by atomic mass is 9.97. The van der Waals surface area contributed by atoms with Gasteiger partial charge >= 0.3 is 0 Å². The molecule has 4 aromatic rings. The van der Waals surface area contributed by atoms with Crippen LogP contribution in [0.5, 0.6) is 0 Å². The Morgan fingerprint density at radius 3 is 1.65 bits per heavy atom. The second-order valence-corrected chi connectivity index (χ2v) is 11.1. The van der Waals surface area contributed by atoms with Gasteiger partial charge in [-0.1, -0.05) is 103 Å². The Bertz CT molecular complexity index is 1100. The van der Waals surface area contributed by atoms with Gasteiger partial charge in [0.15, 0.2) is 0 Å². The summed E-state index contributed by atoms with van der Waals surface area (Å²) in [7, 11) is -0.698. The summed E-state index contributed by atoms with van der Waals surface area (Å²) in [6.45, 7) is 8.90. The van der Waals surface area contributed by atoms with Crippen molar-refractivity contribution in [3.05, 3.63) is 109 Å². The zero-order chi connectivity index (χ0) is 21.8. The summed E-state index contributed by atoms with van der Waals surface area (Å²) < 4.78 is 0. The highest BCUT2D eigenvalue weighted by Crippen LogP contribution is 2.40. The van der Waals surface area contributed by atoms with E-state index in [-0.39, 0.29) is 5.54 Å². The van der Waals surface area contributed by atoms with Gasteiger partial charge in [0.25, 0.3) is 0 Å². The van der Waals surface area contributed by atoms with E-state index in [2.05, 4.69) is 136 Å². The molecule has 0 atom stereocenters. The predicted molar refractivity (Wildman–Crippen MR) is 139 cm³/mol. The van der Waals surface area contributed by atoms with Crippen LogP contribution < -0.4 is 21.2 Å². The fraction of sp³-hybridized carbons (Fsp3) is 0.172. The normalized spacial score (nSPS) is 11.5. The average molecular weight is 424 g/mol. The lowest BCUT2D eigenvalue weighted by molar-refractivity contribution is 0.635. The number of rotatable bonds is 5. The molecule has 1 nitrogen and oxygen atoms in total. The molecular weight excluding hydrogens is 393 g/mol. The van der Waals surface area contributed by atoms with Crippen molar-refractivity contribution in [2.75, 3.05) is 5.32 Å². The van der Waals surface area contributed by atoms with Crippen molar-refractivity contribution in [1.29, 1.82) is 0 Å². The molecule has 0 fully saturated rings. The SMILES string of the molecule is Cc1ccccc1-c1cccc(P(c2ccccc2)c2ccccc2)c1NC(C)(C)C. The van der Waals surface area contributed by atoms with E-state index in [1.807, 2.05) is 0 Å². The van der Waals surface area contributed by atoms with E-state index < -0.39 is 7.92 Å². The van der Waals surface area contributed by atoms with Gasteiger partial charge in [0, 0.05) is 16.4 Å². The summed E-state index contributed by atoms with van der Waals surface area (Å²) in [5.41, 5.74) is 5.03. The second-order valence-electron chi connectivity index (χ2n) is 8.90. The zero-order valence-electron chi connectivity index (χ0n) is 18.8. The van der Waals surface area contributed by atoms with Gasteiger partial charge in [0.05, 0.1) is 5.69 Å². The maximum absolute atomic E-state index is 3.88. The van der Waals surface area contributed by atoms with Crippen molar-refractivity contribution in [2.45, 2.75) is 33.2 Å². The van der Waals surface area contributed by atoms with Crippen LogP contribution in [-0.4, -0.2) is 5.54 Å². The summed E-state index contributed by atoms with van der Waals surface area (Å²) in [6, 6.07) is 37.3. The summed E-state index contributed by atoms with van der Waals surface area (Å²) in [5, 5.41) is 7.97. The molecular formula is C29H30NP. The van der Waals surface area contributed by atoms with Gasteiger partial charge in [-0.2, -0.15) is 0 Å². The van der Waals surface area contributed by atoms with Crippen LogP contribution in [0.15, 0.2) is 103 Å². The van der Waals surface area contributed by atoms with Crippen molar-refractivity contribution in [3.8, 4) is 11.1 Å². The largest absolute Gasteiger partial charge is 0.379 e. The quantitative estimate of drug-likeness (QED) is 0.355. The highest BCUT2D eigenvalue weighted by atomic mass is 31.1. The third kappa shape index (κ3) is 4.89. The Balaban J connectivity index is 2.00. The minimum atomic E-state index is -0.698. The van der Waals surface area contributed by atoms with Crippen molar-refractivity contribution < 1.29 is 0 Å². The maximum atomic E-state index is 3.88. The molecule has 0 aromatic heterocycles. The Kier molecular flexibility index (Phi) is 6.25. The summed E-state index contributed by atoms with van der Waals surface area (Å²) in [4.78, 5) is 0. The lowest BCUT2D eigenvalue weighted by Crippen LogP contribution is -2.31. The molecule has 0 unspecified atom stereocenters. The number of benzene rings is 4. The molecule has 0 saturated carbocycles. The molecule has 0 heterocycles. The predicted octanol–water partition coefficient (Wildman–Crippen LogP) is 6.63. The highest BCUT2D eigenvalue weighted by molar-refractivity contribution is 7.80. The summed E-state index contributed by atoms with van der Waals surface area (Å²) >= 11 is 0. The molecule has 0 spiro atoms. The molecule has 4 rings (SSSR count). The molecule has 31 heavy (non-hydrogen) atoms. The molecule has 0 radical (unpaired) electrons. The number of hydrogen-bond donors (Lipinski definition) is 1. The number of para-hydroxylation sites is 1. The van der Waals surface area contributed by atoms with E-state index in [1.54, 1.807) is 0 Å². The van der Waals surface area contributed by atoms with Gasteiger partial charge in [-0.05, 0) is 57.4 Å². The standard InChI is InChI=1S/C29H30NP/c1-22-14-11-12-19-25(22)26-20-13-21-27(28(26)30-29(2,3)4)31(23-15-7-5-8-16-23)24-17-9-6-10-18-24/h5-21,30H,1-4H3. The van der Waals surface area contributed by atoms with Crippen LogP contribution in [0.2, 0.25) is 0 Å². The van der Waals surface area contributed by atoms with E-state index in [0.717, 1.165) is 0 Å². The first-order valence-electron chi connectivity index (χ1n) is 10.8. The van der Waals surface area contributed by atoms with E-state index >= 15 is 0 Å². The molecule has 0 amide bonds. The average Bonchev–Trinajstić information content (AvgIpc) is 2.76. The minimum absolute atomic E-state index is 0.0537. The zero-order valence-corrected chi connectivity index (χ0v) is 19.7. The Morgan fingerprint density at radius 1 is 0.581 bits per heavy atom. The van der Waals surface area contributed by atoms with E-state index in [9.17, 15) is 0 Å². The molecule has 0 aliphatic heterocycles.